The van der Waals surface area contributed by atoms with Crippen molar-refractivity contribution in [2.24, 2.45) is 17.8 Å². The van der Waals surface area contributed by atoms with Crippen molar-refractivity contribution < 1.29 is 43.2 Å². The molecule has 2 saturated carbocycles. The molecule has 334 valence electrons. The Morgan fingerprint density at radius 2 is 1.37 bits per heavy atom. The number of likely N-dealkylation sites (tertiary alicyclic amines) is 1. The lowest BCUT2D eigenvalue weighted by atomic mass is 9.83. The predicted molar refractivity (Wildman–Crippen MR) is 224 cm³/mol. The van der Waals surface area contributed by atoms with Crippen LogP contribution in [0.5, 0.6) is 0 Å². The highest BCUT2D eigenvalue weighted by atomic mass is 16.2. The number of benzene rings is 1. The Labute approximate surface area is 359 Å². The summed E-state index contributed by atoms with van der Waals surface area (Å²) in [7, 11) is 3.19. The quantitative estimate of drug-likeness (QED) is 0.103. The first kappa shape index (κ1) is 46.6. The molecule has 2 unspecified atom stereocenters. The van der Waals surface area contributed by atoms with Crippen LogP contribution in [0.3, 0.4) is 0 Å². The molecule has 0 radical (unpaired) electrons. The summed E-state index contributed by atoms with van der Waals surface area (Å²) in [6.07, 6.45) is 12.7. The van der Waals surface area contributed by atoms with E-state index < -0.39 is 90.9 Å². The van der Waals surface area contributed by atoms with Crippen molar-refractivity contribution in [2.45, 2.75) is 82.3 Å². The number of carbonyl (C=O) groups excluding carboxylic acids is 9. The Balaban J connectivity index is 1.17. The van der Waals surface area contributed by atoms with Gasteiger partial charge in [0.15, 0.2) is 0 Å². The number of hydrogen-bond acceptors (Lipinski definition) is 11. The second-order valence-electron chi connectivity index (χ2n) is 16.1. The van der Waals surface area contributed by atoms with Crippen LogP contribution in [0.1, 0.15) is 74.7 Å². The number of anilines is 1. The number of Topliss-reactive ketones (excluding diaryl/α,β-unsaturated/α-hetero) is 1. The Morgan fingerprint density at radius 1 is 0.726 bits per heavy atom. The topological polar surface area (TPSA) is 270 Å². The molecule has 5 rings (SSSR count). The number of hydrogen-bond donors (Lipinski definition) is 7. The van der Waals surface area contributed by atoms with Crippen LogP contribution < -0.4 is 37.2 Å². The third kappa shape index (κ3) is 13.5. The zero-order valence-corrected chi connectivity index (χ0v) is 35.2. The van der Waals surface area contributed by atoms with E-state index in [1.807, 2.05) is 0 Å². The van der Waals surface area contributed by atoms with Crippen LogP contribution in [0.25, 0.3) is 0 Å². The minimum atomic E-state index is -1.14. The molecule has 20 nitrogen and oxygen atoms in total. The Hall–Kier alpha value is -6.47. The summed E-state index contributed by atoms with van der Waals surface area (Å²) in [6.45, 7) is -2.12. The molecule has 2 aliphatic carbocycles. The van der Waals surface area contributed by atoms with Gasteiger partial charge in [-0.05, 0) is 49.7 Å². The van der Waals surface area contributed by atoms with Crippen LogP contribution in [0, 0.1) is 17.8 Å². The molecule has 1 aliphatic heterocycles. The van der Waals surface area contributed by atoms with Gasteiger partial charge < -0.3 is 47.0 Å². The number of aromatic nitrogens is 2. The maximum absolute atomic E-state index is 13.6. The van der Waals surface area contributed by atoms with E-state index in [0.29, 0.717) is 18.5 Å². The first-order valence-electron chi connectivity index (χ1n) is 21.1. The molecule has 2 aromatic rings. The number of nitrogens with zero attached hydrogens (tertiary/aromatic N) is 4. The largest absolute Gasteiger partial charge is 0.349 e. The average molecular weight is 860 g/mol. The molecular weight excluding hydrogens is 803 g/mol. The van der Waals surface area contributed by atoms with Crippen molar-refractivity contribution in [1.82, 2.24) is 51.7 Å². The van der Waals surface area contributed by atoms with Crippen molar-refractivity contribution in [3.8, 4) is 0 Å². The van der Waals surface area contributed by atoms with Crippen LogP contribution in [0.2, 0.25) is 0 Å². The molecule has 1 saturated heterocycles. The van der Waals surface area contributed by atoms with Crippen molar-refractivity contribution >= 4 is 58.9 Å². The summed E-state index contributed by atoms with van der Waals surface area (Å²) in [5.41, 5.74) is 0.527. The first-order valence-corrected chi connectivity index (χ1v) is 21.1. The highest BCUT2D eigenvalue weighted by molar-refractivity contribution is 6.37. The van der Waals surface area contributed by atoms with E-state index in [9.17, 15) is 43.2 Å². The smallest absolute Gasteiger partial charge is 0.321 e. The SMILES string of the molecule is CN(C)C(=O)C(NC(=O)CNC(=O)C(=O)CNC(=O)[C@@H]1CN(C(=O)Nc2ccccc2)C[C@@H]1NC(=O)CNC(=O)C(NC(=O)c1cnccn1)C1CCCCC1)C1CCCCC1. The third-order valence-electron chi connectivity index (χ3n) is 11.5. The zero-order valence-electron chi connectivity index (χ0n) is 35.2. The van der Waals surface area contributed by atoms with Gasteiger partial charge in [-0.1, -0.05) is 56.7 Å². The van der Waals surface area contributed by atoms with Crippen LogP contribution in [0.15, 0.2) is 48.9 Å². The van der Waals surface area contributed by atoms with Gasteiger partial charge in [-0.2, -0.15) is 0 Å². The monoisotopic (exact) mass is 859 g/mol. The van der Waals surface area contributed by atoms with E-state index >= 15 is 0 Å². The van der Waals surface area contributed by atoms with E-state index in [1.165, 1.54) is 28.4 Å². The number of carbonyl (C=O) groups is 9. The van der Waals surface area contributed by atoms with Gasteiger partial charge in [0.2, 0.25) is 35.3 Å². The maximum Gasteiger partial charge on any atom is 0.321 e. The summed E-state index contributed by atoms with van der Waals surface area (Å²) >= 11 is 0. The Morgan fingerprint density at radius 3 is 2.00 bits per heavy atom. The minimum Gasteiger partial charge on any atom is -0.349 e. The van der Waals surface area contributed by atoms with Crippen molar-refractivity contribution in [3.63, 3.8) is 0 Å². The summed E-state index contributed by atoms with van der Waals surface area (Å²) in [4.78, 5) is 128. The number of amides is 9. The minimum absolute atomic E-state index is 0.0348. The summed E-state index contributed by atoms with van der Waals surface area (Å²) < 4.78 is 0. The van der Waals surface area contributed by atoms with E-state index in [0.717, 1.165) is 51.4 Å². The number of rotatable bonds is 17. The lowest BCUT2D eigenvalue weighted by Gasteiger charge is -2.31. The fourth-order valence-corrected chi connectivity index (χ4v) is 8.13. The predicted octanol–water partition coefficient (Wildman–Crippen LogP) is -0.125. The van der Waals surface area contributed by atoms with Crippen LogP contribution >= 0.6 is 0 Å². The molecular formula is C42H57N11O9. The van der Waals surface area contributed by atoms with Crippen molar-refractivity contribution in [1.29, 1.82) is 0 Å². The molecule has 3 fully saturated rings. The molecule has 62 heavy (non-hydrogen) atoms. The summed E-state index contributed by atoms with van der Waals surface area (Å²) in [6, 6.07) is 5.34. The number of para-hydroxylation sites is 1. The second-order valence-corrected chi connectivity index (χ2v) is 16.1. The molecule has 2 heterocycles. The van der Waals surface area contributed by atoms with E-state index in [4.69, 9.17) is 0 Å². The maximum atomic E-state index is 13.6. The fourth-order valence-electron chi connectivity index (χ4n) is 8.13. The summed E-state index contributed by atoms with van der Waals surface area (Å²) in [5, 5.41) is 18.2. The second kappa shape index (κ2) is 22.9. The molecule has 3 aliphatic rings. The molecule has 0 spiro atoms. The van der Waals surface area contributed by atoms with Gasteiger partial charge >= 0.3 is 6.03 Å². The first-order chi connectivity index (χ1) is 29.8. The highest BCUT2D eigenvalue weighted by Gasteiger charge is 2.41. The van der Waals surface area contributed by atoms with E-state index in [1.54, 1.807) is 44.4 Å². The van der Waals surface area contributed by atoms with E-state index in [-0.39, 0.29) is 36.5 Å². The van der Waals surface area contributed by atoms with E-state index in [2.05, 4.69) is 47.2 Å². The lowest BCUT2D eigenvalue weighted by Crippen LogP contribution is -2.54. The van der Waals surface area contributed by atoms with Crippen molar-refractivity contribution in [3.05, 3.63) is 54.6 Å². The molecule has 1 aromatic carbocycles. The standard InChI is InChI=1S/C42H57N11O9/c1-52(2)41(61)36(27-14-8-4-9-15-27)50-34(56)23-46-39(59)32(54)21-45-37(57)29-24-53(42(62)48-28-16-10-5-11-17-28)25-31(29)49-33(55)22-47-40(60)35(26-12-6-3-7-13-26)51-38(58)30-20-43-18-19-44-30/h5,10-11,16-20,26-27,29,31,35-36H,3-4,6-9,12-15,21-25H2,1-2H3,(H,45,57)(H,46,59)(H,47,60)(H,48,62)(H,49,55)(H,50,56)(H,51,58)/t29-,31+,35?,36?/m1/s1. The highest BCUT2D eigenvalue weighted by Crippen LogP contribution is 2.28. The van der Waals surface area contributed by atoms with Crippen LogP contribution in [0.4, 0.5) is 10.5 Å². The lowest BCUT2D eigenvalue weighted by molar-refractivity contribution is -0.139. The molecule has 9 amide bonds. The number of urea groups is 1. The third-order valence-corrected chi connectivity index (χ3v) is 11.5. The number of likely N-dealkylation sites (N-methyl/N-ethyl adjacent to an activating group) is 1. The number of nitrogens with one attached hydrogen (secondary N) is 7. The Kier molecular flexibility index (Phi) is 17.2. The zero-order chi connectivity index (χ0) is 44.6. The van der Waals surface area contributed by atoms with Gasteiger partial charge in [-0.3, -0.25) is 43.3 Å². The fraction of sp³-hybridized carbons (Fsp3) is 0.548. The van der Waals surface area contributed by atoms with Gasteiger partial charge in [0.1, 0.15) is 17.8 Å². The Bertz CT molecular complexity index is 1920. The number of ketones is 1. The molecule has 4 atom stereocenters. The van der Waals surface area contributed by atoms with Crippen LogP contribution in [-0.2, 0) is 33.6 Å². The normalized spacial score (nSPS) is 18.8. The van der Waals surface area contributed by atoms with Gasteiger partial charge in [-0.15, -0.1) is 0 Å². The summed E-state index contributed by atoms with van der Waals surface area (Å²) in [5.74, 6) is -6.98. The molecule has 0 bridgehead atoms. The van der Waals surface area contributed by atoms with Gasteiger partial charge in [0, 0.05) is 45.3 Å². The van der Waals surface area contributed by atoms with Crippen molar-refractivity contribution in [2.75, 3.05) is 52.1 Å². The van der Waals surface area contributed by atoms with Crippen LogP contribution in [-0.4, -0.2) is 138 Å². The molecule has 20 heteroatoms. The molecule has 7 N–H and O–H groups in total. The van der Waals surface area contributed by atoms with Gasteiger partial charge in [0.25, 0.3) is 11.8 Å². The average Bonchev–Trinajstić information content (AvgIpc) is 3.72. The molecule has 1 aromatic heterocycles. The van der Waals surface area contributed by atoms with Gasteiger partial charge in [-0.25, -0.2) is 9.78 Å². The van der Waals surface area contributed by atoms with Gasteiger partial charge in [0.05, 0.1) is 37.8 Å².